The van der Waals surface area contributed by atoms with E-state index < -0.39 is 10.0 Å². The smallest absolute Gasteiger partial charge is 0.262 e. The van der Waals surface area contributed by atoms with Gasteiger partial charge in [-0.1, -0.05) is 13.8 Å². The molecule has 1 atom stereocenters. The molecule has 0 aliphatic carbocycles. The second-order valence-electron chi connectivity index (χ2n) is 5.26. The van der Waals surface area contributed by atoms with Crippen LogP contribution < -0.4 is 5.32 Å². The molecule has 19 heavy (non-hydrogen) atoms. The molecule has 106 valence electrons. The van der Waals surface area contributed by atoms with Crippen LogP contribution in [0.1, 0.15) is 20.3 Å². The van der Waals surface area contributed by atoms with E-state index in [1.807, 2.05) is 0 Å². The first-order valence-corrected chi connectivity index (χ1v) is 8.03. The first kappa shape index (κ1) is 14.3. The molecule has 0 aromatic carbocycles. The van der Waals surface area contributed by atoms with Gasteiger partial charge in [0.25, 0.3) is 10.0 Å². The summed E-state index contributed by atoms with van der Waals surface area (Å²) in [5.41, 5.74) is 0.551. The van der Waals surface area contributed by atoms with E-state index in [0.717, 1.165) is 6.42 Å². The maximum atomic E-state index is 12.6. The fraction of sp³-hybridized carbons (Fsp3) is 0.615. The van der Waals surface area contributed by atoms with E-state index in [1.165, 1.54) is 6.20 Å². The van der Waals surface area contributed by atoms with Crippen LogP contribution in [0.2, 0.25) is 0 Å². The molecule has 1 fully saturated rings. The summed E-state index contributed by atoms with van der Waals surface area (Å²) in [6.07, 6.45) is 2.45. The molecule has 0 bridgehead atoms. The van der Waals surface area contributed by atoms with Crippen LogP contribution >= 0.6 is 0 Å². The summed E-state index contributed by atoms with van der Waals surface area (Å²) in [4.78, 5) is 4.04. The summed E-state index contributed by atoms with van der Waals surface area (Å²) in [7, 11) is -1.78. The van der Waals surface area contributed by atoms with Crippen LogP contribution in [-0.4, -0.2) is 37.8 Å². The van der Waals surface area contributed by atoms with Crippen molar-refractivity contribution < 1.29 is 8.42 Å². The van der Waals surface area contributed by atoms with Crippen molar-refractivity contribution in [2.24, 2.45) is 11.8 Å². The molecule has 0 saturated carbocycles. The number of hydrogen-bond donors (Lipinski definition) is 1. The second kappa shape index (κ2) is 5.46. The molecule has 1 aromatic rings. The van der Waals surface area contributed by atoms with Crippen molar-refractivity contribution >= 4 is 15.7 Å². The van der Waals surface area contributed by atoms with Gasteiger partial charge in [-0.25, -0.2) is 13.4 Å². The zero-order valence-corrected chi connectivity index (χ0v) is 12.4. The molecule has 5 nitrogen and oxygen atoms in total. The zero-order chi connectivity index (χ0) is 14.0. The summed E-state index contributed by atoms with van der Waals surface area (Å²) in [6.45, 7) is 5.46. The van der Waals surface area contributed by atoms with Gasteiger partial charge in [-0.2, -0.15) is 4.31 Å². The monoisotopic (exact) mass is 283 g/mol. The lowest BCUT2D eigenvalue weighted by Gasteiger charge is -2.18. The largest absolute Gasteiger partial charge is 0.386 e. The Morgan fingerprint density at radius 2 is 2.21 bits per heavy atom. The Bertz CT molecular complexity index is 543. The Kier molecular flexibility index (Phi) is 4.10. The van der Waals surface area contributed by atoms with Crippen LogP contribution in [-0.2, 0) is 10.0 Å². The number of sulfonamides is 1. The lowest BCUT2D eigenvalue weighted by atomic mass is 9.96. The Morgan fingerprint density at radius 3 is 2.79 bits per heavy atom. The third-order valence-corrected chi connectivity index (χ3v) is 5.58. The highest BCUT2D eigenvalue weighted by Gasteiger charge is 2.35. The first-order valence-electron chi connectivity index (χ1n) is 6.59. The molecule has 1 aliphatic heterocycles. The van der Waals surface area contributed by atoms with Crippen LogP contribution in [0.25, 0.3) is 0 Å². The number of pyridine rings is 1. The number of nitrogens with zero attached hydrogens (tertiary/aromatic N) is 2. The predicted molar refractivity (Wildman–Crippen MR) is 75.5 cm³/mol. The van der Waals surface area contributed by atoms with Gasteiger partial charge >= 0.3 is 0 Å². The molecule has 1 aliphatic rings. The molecule has 0 amide bonds. The van der Waals surface area contributed by atoms with Crippen LogP contribution in [0.4, 0.5) is 5.69 Å². The molecule has 2 heterocycles. The van der Waals surface area contributed by atoms with Crippen molar-refractivity contribution in [3.05, 3.63) is 18.3 Å². The molecule has 0 spiro atoms. The maximum absolute atomic E-state index is 12.6. The second-order valence-corrected chi connectivity index (χ2v) is 7.12. The molecule has 2 rings (SSSR count). The molecule has 0 radical (unpaired) electrons. The lowest BCUT2D eigenvalue weighted by Crippen LogP contribution is -2.30. The van der Waals surface area contributed by atoms with Gasteiger partial charge in [0.1, 0.15) is 0 Å². The normalized spacial score (nSPS) is 20.9. The number of nitrogens with one attached hydrogen (secondary N) is 1. The third kappa shape index (κ3) is 2.74. The van der Waals surface area contributed by atoms with Crippen LogP contribution in [0.15, 0.2) is 23.4 Å². The van der Waals surface area contributed by atoms with Crippen LogP contribution in [0.5, 0.6) is 0 Å². The Labute approximate surface area is 115 Å². The van der Waals surface area contributed by atoms with Gasteiger partial charge < -0.3 is 5.32 Å². The van der Waals surface area contributed by atoms with E-state index >= 15 is 0 Å². The fourth-order valence-corrected chi connectivity index (χ4v) is 4.05. The average molecular weight is 283 g/mol. The van der Waals surface area contributed by atoms with Gasteiger partial charge in [-0.3, -0.25) is 0 Å². The highest BCUT2D eigenvalue weighted by Crippen LogP contribution is 2.30. The molecule has 1 saturated heterocycles. The third-order valence-electron chi connectivity index (χ3n) is 3.75. The van der Waals surface area contributed by atoms with Gasteiger partial charge in [-0.15, -0.1) is 0 Å². The number of aromatic nitrogens is 1. The minimum Gasteiger partial charge on any atom is -0.386 e. The SMILES string of the molecule is CNc1cccnc1S(=O)(=O)N1CCC(C(C)C)C1. The molecule has 1 unspecified atom stereocenters. The summed E-state index contributed by atoms with van der Waals surface area (Å²) in [5.74, 6) is 0.948. The fourth-order valence-electron chi connectivity index (χ4n) is 2.43. The van der Waals surface area contributed by atoms with Crippen LogP contribution in [0.3, 0.4) is 0 Å². The molecule has 6 heteroatoms. The van der Waals surface area contributed by atoms with E-state index in [4.69, 9.17) is 0 Å². The Morgan fingerprint density at radius 1 is 1.47 bits per heavy atom. The Hall–Kier alpha value is -1.14. The summed E-state index contributed by atoms with van der Waals surface area (Å²) in [6, 6.07) is 3.46. The minimum atomic E-state index is -3.49. The van der Waals surface area contributed by atoms with Gasteiger partial charge in [0, 0.05) is 26.3 Å². The number of anilines is 1. The molecular formula is C13H21N3O2S. The van der Waals surface area contributed by atoms with Crippen molar-refractivity contribution in [3.63, 3.8) is 0 Å². The van der Waals surface area contributed by atoms with E-state index in [1.54, 1.807) is 23.5 Å². The average Bonchev–Trinajstić information content (AvgIpc) is 2.89. The number of rotatable bonds is 4. The summed E-state index contributed by atoms with van der Waals surface area (Å²) < 4.78 is 26.8. The van der Waals surface area contributed by atoms with E-state index in [2.05, 4.69) is 24.1 Å². The van der Waals surface area contributed by atoms with Crippen molar-refractivity contribution in [1.82, 2.24) is 9.29 Å². The van der Waals surface area contributed by atoms with Crippen molar-refractivity contribution in [3.8, 4) is 0 Å². The van der Waals surface area contributed by atoms with Crippen molar-refractivity contribution in [2.45, 2.75) is 25.3 Å². The topological polar surface area (TPSA) is 62.3 Å². The first-order chi connectivity index (χ1) is 8.96. The molecule has 1 N–H and O–H groups in total. The minimum absolute atomic E-state index is 0.127. The van der Waals surface area contributed by atoms with Crippen molar-refractivity contribution in [2.75, 3.05) is 25.5 Å². The summed E-state index contributed by atoms with van der Waals surface area (Å²) in [5, 5.41) is 3.02. The highest BCUT2D eigenvalue weighted by atomic mass is 32.2. The van der Waals surface area contributed by atoms with Gasteiger partial charge in [0.15, 0.2) is 5.03 Å². The summed E-state index contributed by atoms with van der Waals surface area (Å²) >= 11 is 0. The maximum Gasteiger partial charge on any atom is 0.262 e. The highest BCUT2D eigenvalue weighted by molar-refractivity contribution is 7.89. The van der Waals surface area contributed by atoms with E-state index in [9.17, 15) is 8.42 Å². The quantitative estimate of drug-likeness (QED) is 0.915. The van der Waals surface area contributed by atoms with E-state index in [0.29, 0.717) is 30.6 Å². The zero-order valence-electron chi connectivity index (χ0n) is 11.6. The molecular weight excluding hydrogens is 262 g/mol. The van der Waals surface area contributed by atoms with E-state index in [-0.39, 0.29) is 5.03 Å². The number of hydrogen-bond acceptors (Lipinski definition) is 4. The van der Waals surface area contributed by atoms with Gasteiger partial charge in [0.2, 0.25) is 0 Å². The van der Waals surface area contributed by atoms with Gasteiger partial charge in [-0.05, 0) is 30.4 Å². The molecule has 1 aromatic heterocycles. The van der Waals surface area contributed by atoms with Crippen LogP contribution in [0, 0.1) is 11.8 Å². The van der Waals surface area contributed by atoms with Gasteiger partial charge in [0.05, 0.1) is 5.69 Å². The lowest BCUT2D eigenvalue weighted by molar-refractivity contribution is 0.388. The van der Waals surface area contributed by atoms with Crippen molar-refractivity contribution in [1.29, 1.82) is 0 Å². The predicted octanol–water partition coefficient (Wildman–Crippen LogP) is 1.79. The standard InChI is InChI=1S/C13H21N3O2S/c1-10(2)11-6-8-16(9-11)19(17,18)13-12(14-3)5-4-7-15-13/h4-5,7,10-11,14H,6,8-9H2,1-3H3. The Balaban J connectivity index is 2.29.